The Morgan fingerprint density at radius 3 is 1.32 bits per heavy atom. The lowest BCUT2D eigenvalue weighted by Gasteiger charge is -2.31. The molecule has 2 aromatic rings. The van der Waals surface area contributed by atoms with E-state index in [0.717, 1.165) is 46.5 Å². The van der Waals surface area contributed by atoms with Gasteiger partial charge in [-0.05, 0) is 55.5 Å². The Morgan fingerprint density at radius 2 is 1.00 bits per heavy atom. The van der Waals surface area contributed by atoms with E-state index in [1.165, 1.54) is 24.2 Å². The van der Waals surface area contributed by atoms with Crippen LogP contribution in [0.1, 0.15) is 26.2 Å². The minimum absolute atomic E-state index is 0.153. The second-order valence-corrected chi connectivity index (χ2v) is 13.8. The Kier molecular flexibility index (Phi) is 7.92. The second-order valence-electron chi connectivity index (χ2n) is 13.8. The molecule has 218 valence electrons. The first-order valence-corrected chi connectivity index (χ1v) is 14.9. The number of quaternary nitrogens is 2. The topological polar surface area (TPSA) is 65.3 Å². The van der Waals surface area contributed by atoms with E-state index < -0.39 is 5.92 Å². The molecule has 0 spiro atoms. The van der Waals surface area contributed by atoms with Crippen molar-refractivity contribution in [1.29, 1.82) is 0 Å². The average Bonchev–Trinajstić information content (AvgIpc) is 3.62. The van der Waals surface area contributed by atoms with E-state index >= 15 is 0 Å². The quantitative estimate of drug-likeness (QED) is 0.392. The first-order valence-electron chi connectivity index (χ1n) is 14.9. The summed E-state index contributed by atoms with van der Waals surface area (Å²) in [5, 5.41) is 0. The van der Waals surface area contributed by atoms with Gasteiger partial charge in [-0.3, -0.25) is 9.59 Å². The molecule has 2 aliphatic heterocycles. The average molecular weight is 559 g/mol. The lowest BCUT2D eigenvalue weighted by atomic mass is 9.85. The number of ketones is 2. The smallest absolute Gasteiger partial charge is 0.188 e. The Labute approximate surface area is 245 Å². The van der Waals surface area contributed by atoms with Gasteiger partial charge in [0.15, 0.2) is 11.6 Å². The second kappa shape index (κ2) is 11.1. The SMILES string of the molecule is CC1C(=O)C(=Nc2ccc(N3CCC([N+](C)(C)C)C3)cc2)CC(=Nc2ccc(N3CCC([N+](C)(C)C)C3)cc2)C1=O. The Hall–Kier alpha value is -3.36. The predicted molar refractivity (Wildman–Crippen MR) is 168 cm³/mol. The zero-order valence-electron chi connectivity index (χ0n) is 25.8. The minimum Gasteiger partial charge on any atom is -0.365 e. The van der Waals surface area contributed by atoms with Crippen LogP contribution in [-0.2, 0) is 9.59 Å². The Bertz CT molecular complexity index is 1240. The van der Waals surface area contributed by atoms with Gasteiger partial charge in [0, 0.05) is 43.7 Å². The number of hydrogen-bond acceptors (Lipinski definition) is 6. The van der Waals surface area contributed by atoms with Gasteiger partial charge >= 0.3 is 0 Å². The summed E-state index contributed by atoms with van der Waals surface area (Å²) in [6.45, 7) is 5.82. The number of likely N-dealkylation sites (N-methyl/N-ethyl adjacent to an activating group) is 2. The number of carbonyl (C=O) groups excluding carboxylic acids is 2. The van der Waals surface area contributed by atoms with Crippen LogP contribution >= 0.6 is 0 Å². The molecule has 8 heteroatoms. The number of anilines is 2. The van der Waals surface area contributed by atoms with Gasteiger partial charge in [0.1, 0.15) is 12.1 Å². The van der Waals surface area contributed by atoms with Crippen LogP contribution in [0, 0.1) is 5.92 Å². The molecule has 0 bridgehead atoms. The van der Waals surface area contributed by atoms with Crippen LogP contribution < -0.4 is 9.80 Å². The Morgan fingerprint density at radius 1 is 0.634 bits per heavy atom. The highest BCUT2D eigenvalue weighted by atomic mass is 16.2. The Balaban J connectivity index is 1.29. The molecule has 2 saturated heterocycles. The van der Waals surface area contributed by atoms with E-state index in [1.807, 2.05) is 24.3 Å². The number of carbonyl (C=O) groups is 2. The molecule has 41 heavy (non-hydrogen) atoms. The normalized spacial score (nSPS) is 26.1. The third kappa shape index (κ3) is 6.44. The number of aliphatic imine (C=N–C) groups is 2. The number of benzene rings is 2. The van der Waals surface area contributed by atoms with Crippen LogP contribution in [0.15, 0.2) is 58.5 Å². The fraction of sp³-hybridized carbons (Fsp3) is 0.515. The molecule has 8 nitrogen and oxygen atoms in total. The fourth-order valence-corrected chi connectivity index (χ4v) is 6.15. The maximum absolute atomic E-state index is 13.0. The van der Waals surface area contributed by atoms with Gasteiger partial charge in [-0.1, -0.05) is 0 Å². The molecule has 2 aromatic carbocycles. The van der Waals surface area contributed by atoms with Crippen molar-refractivity contribution >= 4 is 45.7 Å². The summed E-state index contributed by atoms with van der Waals surface area (Å²) in [4.78, 5) is 40.2. The molecule has 0 N–H and O–H groups in total. The zero-order chi connectivity index (χ0) is 29.5. The van der Waals surface area contributed by atoms with Crippen LogP contribution in [0.3, 0.4) is 0 Å². The summed E-state index contributed by atoms with van der Waals surface area (Å²) >= 11 is 0. The van der Waals surface area contributed by atoms with Gasteiger partial charge in [-0.15, -0.1) is 0 Å². The first-order chi connectivity index (χ1) is 19.3. The lowest BCUT2D eigenvalue weighted by molar-refractivity contribution is -0.893. The summed E-state index contributed by atoms with van der Waals surface area (Å²) in [5.74, 6) is -1.19. The summed E-state index contributed by atoms with van der Waals surface area (Å²) in [6, 6.07) is 17.4. The van der Waals surface area contributed by atoms with E-state index in [9.17, 15) is 9.59 Å². The highest BCUT2D eigenvalue weighted by molar-refractivity contribution is 6.62. The van der Waals surface area contributed by atoms with E-state index in [-0.39, 0.29) is 18.0 Å². The molecule has 0 aromatic heterocycles. The van der Waals surface area contributed by atoms with Crippen LogP contribution in [0.4, 0.5) is 22.7 Å². The van der Waals surface area contributed by atoms with Crippen LogP contribution in [0.5, 0.6) is 0 Å². The van der Waals surface area contributed by atoms with E-state index in [1.54, 1.807) is 6.92 Å². The van der Waals surface area contributed by atoms with Crippen molar-refractivity contribution in [3.63, 3.8) is 0 Å². The fourth-order valence-electron chi connectivity index (χ4n) is 6.15. The molecule has 5 rings (SSSR count). The highest BCUT2D eigenvalue weighted by Crippen LogP contribution is 2.29. The molecule has 3 aliphatic rings. The van der Waals surface area contributed by atoms with Gasteiger partial charge in [0.05, 0.1) is 84.1 Å². The molecule has 0 amide bonds. The molecule has 1 saturated carbocycles. The third-order valence-electron chi connectivity index (χ3n) is 9.17. The zero-order valence-corrected chi connectivity index (χ0v) is 25.8. The van der Waals surface area contributed by atoms with E-state index in [0.29, 0.717) is 23.5 Å². The van der Waals surface area contributed by atoms with Crippen LogP contribution in [0.2, 0.25) is 0 Å². The molecule has 2 heterocycles. The lowest BCUT2D eigenvalue weighted by Crippen LogP contribution is -2.46. The maximum Gasteiger partial charge on any atom is 0.188 e. The summed E-state index contributed by atoms with van der Waals surface area (Å²) in [7, 11) is 13.5. The van der Waals surface area contributed by atoms with Crippen molar-refractivity contribution in [3.05, 3.63) is 48.5 Å². The largest absolute Gasteiger partial charge is 0.365 e. The highest BCUT2D eigenvalue weighted by Gasteiger charge is 2.36. The van der Waals surface area contributed by atoms with E-state index in [2.05, 4.69) is 76.4 Å². The molecule has 2 unspecified atom stereocenters. The van der Waals surface area contributed by atoms with Crippen molar-refractivity contribution < 1.29 is 18.6 Å². The van der Waals surface area contributed by atoms with Crippen molar-refractivity contribution in [2.45, 2.75) is 38.3 Å². The number of nitrogens with zero attached hydrogens (tertiary/aromatic N) is 6. The molecule has 2 atom stereocenters. The molecular weight excluding hydrogens is 512 g/mol. The van der Waals surface area contributed by atoms with Crippen molar-refractivity contribution in [3.8, 4) is 0 Å². The number of hydrogen-bond donors (Lipinski definition) is 0. The van der Waals surface area contributed by atoms with Crippen molar-refractivity contribution in [2.24, 2.45) is 15.9 Å². The van der Waals surface area contributed by atoms with Crippen molar-refractivity contribution in [2.75, 3.05) is 78.3 Å². The number of Topliss-reactive ketones (excluding diaryl/α,β-unsaturated/α-hetero) is 2. The van der Waals surface area contributed by atoms with Gasteiger partial charge in [-0.2, -0.15) is 0 Å². The standard InChI is InChI=1S/C33H46N6O2/c1-23-32(40)30(34-24-8-12-26(13-9-24)36-18-16-28(21-36)38(2,3)4)20-31(33(23)41)35-25-10-14-27(15-11-25)37-19-17-29(22-37)39(5,6)7/h8-15,23,28-29H,16-22H2,1-7H3/q+2. The van der Waals surface area contributed by atoms with Gasteiger partial charge < -0.3 is 18.8 Å². The molecule has 0 radical (unpaired) electrons. The maximum atomic E-state index is 13.0. The molecule has 1 aliphatic carbocycles. The van der Waals surface area contributed by atoms with Gasteiger partial charge in [-0.25, -0.2) is 9.98 Å². The van der Waals surface area contributed by atoms with E-state index in [4.69, 9.17) is 9.98 Å². The van der Waals surface area contributed by atoms with Gasteiger partial charge in [0.2, 0.25) is 0 Å². The monoisotopic (exact) mass is 558 g/mol. The van der Waals surface area contributed by atoms with Crippen LogP contribution in [0.25, 0.3) is 0 Å². The van der Waals surface area contributed by atoms with Gasteiger partial charge in [0.25, 0.3) is 0 Å². The third-order valence-corrected chi connectivity index (χ3v) is 9.17. The van der Waals surface area contributed by atoms with Crippen LogP contribution in [-0.4, -0.2) is 113 Å². The first kappa shape index (κ1) is 29.1. The number of rotatable bonds is 6. The summed E-state index contributed by atoms with van der Waals surface area (Å²) in [6.07, 6.45) is 2.50. The van der Waals surface area contributed by atoms with Crippen molar-refractivity contribution in [1.82, 2.24) is 0 Å². The molecular formula is C33H46N6O2+2. The minimum atomic E-state index is -0.770. The predicted octanol–water partition coefficient (Wildman–Crippen LogP) is 4.28. The summed E-state index contributed by atoms with van der Waals surface area (Å²) < 4.78 is 1.93. The molecule has 3 fully saturated rings. The summed E-state index contributed by atoms with van der Waals surface area (Å²) in [5.41, 5.74) is 4.60.